The van der Waals surface area contributed by atoms with Gasteiger partial charge in [0.05, 0.1) is 18.1 Å². The summed E-state index contributed by atoms with van der Waals surface area (Å²) in [6, 6.07) is 0. The molecule has 1 saturated heterocycles. The van der Waals surface area contributed by atoms with Crippen molar-refractivity contribution in [2.45, 2.75) is 26.3 Å². The molecule has 0 amide bonds. The van der Waals surface area contributed by atoms with Crippen LogP contribution in [0.3, 0.4) is 0 Å². The molecule has 106 valence electrons. The van der Waals surface area contributed by atoms with Crippen LogP contribution in [0, 0.1) is 5.92 Å². The summed E-state index contributed by atoms with van der Waals surface area (Å²) in [4.78, 5) is 11.1. The van der Waals surface area contributed by atoms with E-state index in [1.165, 1.54) is 12.8 Å². The highest BCUT2D eigenvalue weighted by Gasteiger charge is 2.16. The topological polar surface area (TPSA) is 50.3 Å². The van der Waals surface area contributed by atoms with Crippen molar-refractivity contribution in [3.63, 3.8) is 0 Å². The maximum absolute atomic E-state index is 5.39. The van der Waals surface area contributed by atoms with E-state index in [1.54, 1.807) is 6.20 Å². The van der Waals surface area contributed by atoms with Crippen LogP contribution in [0.2, 0.25) is 0 Å². The van der Waals surface area contributed by atoms with Gasteiger partial charge in [-0.25, -0.2) is 4.98 Å². The van der Waals surface area contributed by atoms with Gasteiger partial charge >= 0.3 is 0 Å². The molecule has 5 nitrogen and oxygen atoms in total. The van der Waals surface area contributed by atoms with Gasteiger partial charge in [0, 0.05) is 32.8 Å². The SMILES string of the molecule is CCNc1cnc(CN(C)CC2CCOCC2)cn1. The average molecular weight is 264 g/mol. The first-order valence-corrected chi connectivity index (χ1v) is 7.09. The molecule has 1 aromatic rings. The van der Waals surface area contributed by atoms with Crippen LogP contribution in [0.25, 0.3) is 0 Å². The molecule has 5 heteroatoms. The fourth-order valence-electron chi connectivity index (χ4n) is 2.42. The molecule has 1 N–H and O–H groups in total. The minimum absolute atomic E-state index is 0.757. The number of nitrogens with one attached hydrogen (secondary N) is 1. The van der Waals surface area contributed by atoms with Gasteiger partial charge in [-0.3, -0.25) is 4.98 Å². The lowest BCUT2D eigenvalue weighted by Crippen LogP contribution is -2.29. The number of nitrogens with zero attached hydrogens (tertiary/aromatic N) is 3. The van der Waals surface area contributed by atoms with Crippen molar-refractivity contribution < 1.29 is 4.74 Å². The molecule has 0 aliphatic carbocycles. The molecule has 2 heterocycles. The van der Waals surface area contributed by atoms with Crippen LogP contribution in [0.15, 0.2) is 12.4 Å². The van der Waals surface area contributed by atoms with Crippen LogP contribution >= 0.6 is 0 Å². The number of hydrogen-bond acceptors (Lipinski definition) is 5. The maximum atomic E-state index is 5.39. The average Bonchev–Trinajstić information content (AvgIpc) is 2.42. The molecule has 0 unspecified atom stereocenters. The third kappa shape index (κ3) is 4.76. The van der Waals surface area contributed by atoms with Gasteiger partial charge in [-0.05, 0) is 32.7 Å². The molecule has 1 fully saturated rings. The number of aromatic nitrogens is 2. The number of rotatable bonds is 6. The highest BCUT2D eigenvalue weighted by Crippen LogP contribution is 2.16. The van der Waals surface area contributed by atoms with Gasteiger partial charge in [-0.2, -0.15) is 0 Å². The van der Waals surface area contributed by atoms with Crippen molar-refractivity contribution in [1.82, 2.24) is 14.9 Å². The fraction of sp³-hybridized carbons (Fsp3) is 0.714. The molecular formula is C14H24N4O. The Morgan fingerprint density at radius 3 is 2.74 bits per heavy atom. The first-order chi connectivity index (χ1) is 9.28. The molecule has 1 aromatic heterocycles. The molecule has 19 heavy (non-hydrogen) atoms. The van der Waals surface area contributed by atoms with Crippen LogP contribution in [0.1, 0.15) is 25.5 Å². The van der Waals surface area contributed by atoms with E-state index in [9.17, 15) is 0 Å². The van der Waals surface area contributed by atoms with Gasteiger partial charge in [0.15, 0.2) is 0 Å². The van der Waals surface area contributed by atoms with Gasteiger partial charge in [0.2, 0.25) is 0 Å². The van der Waals surface area contributed by atoms with Gasteiger partial charge in [-0.15, -0.1) is 0 Å². The van der Waals surface area contributed by atoms with E-state index >= 15 is 0 Å². The zero-order valence-electron chi connectivity index (χ0n) is 11.9. The summed E-state index contributed by atoms with van der Waals surface area (Å²) in [6.07, 6.45) is 6.02. The molecule has 0 atom stereocenters. The summed E-state index contributed by atoms with van der Waals surface area (Å²) < 4.78 is 5.39. The lowest BCUT2D eigenvalue weighted by molar-refractivity contribution is 0.0548. The minimum atomic E-state index is 0.757. The van der Waals surface area contributed by atoms with Crippen molar-refractivity contribution in [1.29, 1.82) is 0 Å². The first kappa shape index (κ1) is 14.2. The molecule has 2 rings (SSSR count). The fourth-order valence-corrected chi connectivity index (χ4v) is 2.42. The monoisotopic (exact) mass is 264 g/mol. The van der Waals surface area contributed by atoms with Crippen molar-refractivity contribution in [3.05, 3.63) is 18.1 Å². The van der Waals surface area contributed by atoms with E-state index < -0.39 is 0 Å². The van der Waals surface area contributed by atoms with E-state index in [4.69, 9.17) is 4.74 Å². The Hall–Kier alpha value is -1.20. The molecule has 0 saturated carbocycles. The number of hydrogen-bond donors (Lipinski definition) is 1. The summed E-state index contributed by atoms with van der Waals surface area (Å²) in [5.74, 6) is 1.60. The number of ether oxygens (including phenoxy) is 1. The van der Waals surface area contributed by atoms with E-state index in [0.29, 0.717) is 0 Å². The summed E-state index contributed by atoms with van der Waals surface area (Å²) in [7, 11) is 2.15. The second-order valence-corrected chi connectivity index (χ2v) is 5.18. The molecule has 0 bridgehead atoms. The van der Waals surface area contributed by atoms with Crippen LogP contribution in [0.4, 0.5) is 5.82 Å². The molecule has 0 radical (unpaired) electrons. The van der Waals surface area contributed by atoms with E-state index in [-0.39, 0.29) is 0 Å². The Morgan fingerprint density at radius 1 is 1.32 bits per heavy atom. The number of anilines is 1. The predicted molar refractivity (Wildman–Crippen MR) is 76.1 cm³/mol. The van der Waals surface area contributed by atoms with E-state index in [1.807, 2.05) is 6.20 Å². The lowest BCUT2D eigenvalue weighted by Gasteiger charge is -2.26. The summed E-state index contributed by atoms with van der Waals surface area (Å²) in [6.45, 7) is 6.72. The van der Waals surface area contributed by atoms with E-state index in [2.05, 4.69) is 34.2 Å². The standard InChI is InChI=1S/C14H24N4O/c1-3-15-14-9-16-13(8-17-14)11-18(2)10-12-4-6-19-7-5-12/h8-9,12H,3-7,10-11H2,1-2H3,(H,15,17). The second kappa shape index (κ2) is 7.40. The molecule has 1 aliphatic heterocycles. The van der Waals surface area contributed by atoms with Crippen molar-refractivity contribution in [2.75, 3.05) is 38.7 Å². The zero-order chi connectivity index (χ0) is 13.5. The Balaban J connectivity index is 1.78. The summed E-state index contributed by atoms with van der Waals surface area (Å²) in [5, 5.41) is 3.15. The van der Waals surface area contributed by atoms with Crippen LogP contribution in [-0.2, 0) is 11.3 Å². The summed E-state index contributed by atoms with van der Waals surface area (Å²) in [5.41, 5.74) is 1.02. The van der Waals surface area contributed by atoms with Gasteiger partial charge in [0.1, 0.15) is 5.82 Å². The van der Waals surface area contributed by atoms with Crippen LogP contribution in [-0.4, -0.2) is 48.2 Å². The van der Waals surface area contributed by atoms with Gasteiger partial charge in [0.25, 0.3) is 0 Å². The maximum Gasteiger partial charge on any atom is 0.144 e. The zero-order valence-corrected chi connectivity index (χ0v) is 11.9. The molecule has 0 aromatic carbocycles. The van der Waals surface area contributed by atoms with Gasteiger partial charge < -0.3 is 15.0 Å². The molecular weight excluding hydrogens is 240 g/mol. The Bertz CT molecular complexity index is 362. The Labute approximate surface area is 115 Å². The minimum Gasteiger partial charge on any atom is -0.381 e. The Morgan fingerprint density at radius 2 is 2.11 bits per heavy atom. The second-order valence-electron chi connectivity index (χ2n) is 5.18. The molecule has 1 aliphatic rings. The molecule has 0 spiro atoms. The highest BCUT2D eigenvalue weighted by molar-refractivity contribution is 5.30. The lowest BCUT2D eigenvalue weighted by atomic mass is 10.00. The Kier molecular flexibility index (Phi) is 5.54. The predicted octanol–water partition coefficient (Wildman–Crippen LogP) is 1.77. The highest BCUT2D eigenvalue weighted by atomic mass is 16.5. The van der Waals surface area contributed by atoms with Crippen molar-refractivity contribution in [2.24, 2.45) is 5.92 Å². The van der Waals surface area contributed by atoms with Gasteiger partial charge in [-0.1, -0.05) is 0 Å². The van der Waals surface area contributed by atoms with Crippen LogP contribution in [0.5, 0.6) is 0 Å². The largest absolute Gasteiger partial charge is 0.381 e. The quantitative estimate of drug-likeness (QED) is 0.848. The first-order valence-electron chi connectivity index (χ1n) is 7.09. The van der Waals surface area contributed by atoms with E-state index in [0.717, 1.165) is 50.3 Å². The summed E-state index contributed by atoms with van der Waals surface area (Å²) >= 11 is 0. The van der Waals surface area contributed by atoms with Crippen molar-refractivity contribution in [3.8, 4) is 0 Å². The third-order valence-corrected chi connectivity index (χ3v) is 3.41. The van der Waals surface area contributed by atoms with Crippen molar-refractivity contribution >= 4 is 5.82 Å². The normalized spacial score (nSPS) is 16.8. The smallest absolute Gasteiger partial charge is 0.144 e. The third-order valence-electron chi connectivity index (χ3n) is 3.41. The van der Waals surface area contributed by atoms with Crippen LogP contribution < -0.4 is 5.32 Å².